The number of hydrogen-bond donors (Lipinski definition) is 1. The number of hydrogen-bond acceptors (Lipinski definition) is 3. The Morgan fingerprint density at radius 3 is 1.89 bits per heavy atom. The standard InChI is InChI=1S/C21H26N4O2/c1-18(26)22-25(2)15-13-23(14-16-25)17-21(27)24(19-9-5-3-6-10-19)20-11-7-4-8-12-20/h3-12H,13-17H2,1-2H3/p+1. The Morgan fingerprint density at radius 2 is 1.44 bits per heavy atom. The van der Waals surface area contributed by atoms with Crippen molar-refractivity contribution >= 4 is 23.2 Å². The molecule has 3 rings (SSSR count). The van der Waals surface area contributed by atoms with Gasteiger partial charge in [-0.1, -0.05) is 36.4 Å². The van der Waals surface area contributed by atoms with Crippen molar-refractivity contribution in [2.75, 3.05) is 44.7 Å². The van der Waals surface area contributed by atoms with Gasteiger partial charge in [0, 0.05) is 18.3 Å². The molecule has 142 valence electrons. The van der Waals surface area contributed by atoms with Crippen molar-refractivity contribution in [1.82, 2.24) is 10.3 Å². The van der Waals surface area contributed by atoms with E-state index in [2.05, 4.69) is 10.3 Å². The van der Waals surface area contributed by atoms with Gasteiger partial charge in [-0.25, -0.2) is 10.0 Å². The molecular formula is C21H27N4O2+. The molecule has 1 fully saturated rings. The predicted octanol–water partition coefficient (Wildman–Crippen LogP) is 2.16. The minimum Gasteiger partial charge on any atom is -0.283 e. The summed E-state index contributed by atoms with van der Waals surface area (Å²) >= 11 is 0. The molecule has 0 aliphatic carbocycles. The van der Waals surface area contributed by atoms with Crippen molar-refractivity contribution in [2.24, 2.45) is 0 Å². The van der Waals surface area contributed by atoms with Crippen molar-refractivity contribution in [3.8, 4) is 0 Å². The molecule has 0 aromatic heterocycles. The van der Waals surface area contributed by atoms with E-state index < -0.39 is 0 Å². The molecule has 0 radical (unpaired) electrons. The number of carbonyl (C=O) groups excluding carboxylic acids is 2. The minimum atomic E-state index is -0.0265. The fourth-order valence-electron chi connectivity index (χ4n) is 3.45. The lowest BCUT2D eigenvalue weighted by molar-refractivity contribution is -0.947. The molecule has 0 atom stereocenters. The molecule has 1 aliphatic rings. The first-order valence-electron chi connectivity index (χ1n) is 9.26. The van der Waals surface area contributed by atoms with Crippen LogP contribution in [0.25, 0.3) is 0 Å². The number of anilines is 2. The molecule has 1 N–H and O–H groups in total. The van der Waals surface area contributed by atoms with Crippen molar-refractivity contribution < 1.29 is 14.2 Å². The van der Waals surface area contributed by atoms with Crippen molar-refractivity contribution in [2.45, 2.75) is 6.92 Å². The highest BCUT2D eigenvalue weighted by Crippen LogP contribution is 2.25. The zero-order valence-electron chi connectivity index (χ0n) is 16.0. The predicted molar refractivity (Wildman–Crippen MR) is 106 cm³/mol. The summed E-state index contributed by atoms with van der Waals surface area (Å²) in [6.45, 7) is 4.98. The highest BCUT2D eigenvalue weighted by Gasteiger charge is 2.31. The van der Waals surface area contributed by atoms with Gasteiger partial charge in [-0.3, -0.25) is 19.4 Å². The van der Waals surface area contributed by atoms with Gasteiger partial charge in [0.15, 0.2) is 0 Å². The molecule has 1 aliphatic heterocycles. The van der Waals surface area contributed by atoms with Gasteiger partial charge < -0.3 is 0 Å². The van der Waals surface area contributed by atoms with E-state index in [1.165, 1.54) is 6.92 Å². The molecule has 2 aromatic rings. The van der Waals surface area contributed by atoms with Gasteiger partial charge in [0.2, 0.25) is 5.91 Å². The summed E-state index contributed by atoms with van der Waals surface area (Å²) in [5, 5.41) is 0. The van der Waals surface area contributed by atoms with Crippen LogP contribution in [0.15, 0.2) is 60.7 Å². The smallest absolute Gasteiger partial charge is 0.261 e. The zero-order chi connectivity index (χ0) is 19.3. The average molecular weight is 367 g/mol. The highest BCUT2D eigenvalue weighted by atomic mass is 16.2. The average Bonchev–Trinajstić information content (AvgIpc) is 2.65. The minimum absolute atomic E-state index is 0.0265. The third-order valence-electron chi connectivity index (χ3n) is 4.88. The van der Waals surface area contributed by atoms with Gasteiger partial charge in [-0.2, -0.15) is 0 Å². The molecule has 0 spiro atoms. The summed E-state index contributed by atoms with van der Waals surface area (Å²) in [5.41, 5.74) is 4.71. The molecule has 2 aromatic carbocycles. The number of nitrogens with one attached hydrogen (secondary N) is 1. The van der Waals surface area contributed by atoms with Gasteiger partial charge in [-0.15, -0.1) is 0 Å². The van der Waals surface area contributed by atoms with Gasteiger partial charge in [0.1, 0.15) is 13.1 Å². The van der Waals surface area contributed by atoms with E-state index in [0.717, 1.165) is 37.6 Å². The first kappa shape index (κ1) is 19.1. The number of likely N-dealkylation sites (N-methyl/N-ethyl adjacent to an activating group) is 1. The molecule has 27 heavy (non-hydrogen) atoms. The lowest BCUT2D eigenvalue weighted by Crippen LogP contribution is -2.65. The van der Waals surface area contributed by atoms with E-state index in [-0.39, 0.29) is 11.8 Å². The van der Waals surface area contributed by atoms with E-state index in [4.69, 9.17) is 0 Å². The Bertz CT molecular complexity index is 732. The lowest BCUT2D eigenvalue weighted by atomic mass is 10.2. The summed E-state index contributed by atoms with van der Waals surface area (Å²) in [7, 11) is 2.01. The second-order valence-electron chi connectivity index (χ2n) is 7.19. The molecule has 6 heteroatoms. The van der Waals surface area contributed by atoms with E-state index in [1.807, 2.05) is 67.7 Å². The molecule has 2 amide bonds. The Hall–Kier alpha value is -2.70. The number of para-hydroxylation sites is 2. The van der Waals surface area contributed by atoms with E-state index in [9.17, 15) is 9.59 Å². The highest BCUT2D eigenvalue weighted by molar-refractivity contribution is 6.01. The summed E-state index contributed by atoms with van der Waals surface area (Å²) in [4.78, 5) is 28.5. The molecule has 0 bridgehead atoms. The second-order valence-corrected chi connectivity index (χ2v) is 7.19. The van der Waals surface area contributed by atoms with E-state index >= 15 is 0 Å². The molecular weight excluding hydrogens is 340 g/mol. The van der Waals surface area contributed by atoms with Gasteiger partial charge in [-0.05, 0) is 24.3 Å². The molecule has 6 nitrogen and oxygen atoms in total. The van der Waals surface area contributed by atoms with Crippen LogP contribution in [0.4, 0.5) is 11.4 Å². The van der Waals surface area contributed by atoms with Gasteiger partial charge >= 0.3 is 0 Å². The Labute approximate surface area is 160 Å². The summed E-state index contributed by atoms with van der Waals surface area (Å²) in [6, 6.07) is 19.5. The maximum absolute atomic E-state index is 13.2. The van der Waals surface area contributed by atoms with E-state index in [0.29, 0.717) is 11.1 Å². The summed E-state index contributed by atoms with van der Waals surface area (Å²) in [6.07, 6.45) is 0. The van der Waals surface area contributed by atoms with Crippen LogP contribution in [0, 0.1) is 0 Å². The number of rotatable bonds is 5. The summed E-state index contributed by atoms with van der Waals surface area (Å²) in [5.74, 6) is 0.0180. The van der Waals surface area contributed by atoms with Crippen molar-refractivity contribution in [1.29, 1.82) is 0 Å². The van der Waals surface area contributed by atoms with Crippen LogP contribution in [0.2, 0.25) is 0 Å². The third-order valence-corrected chi connectivity index (χ3v) is 4.88. The van der Waals surface area contributed by atoms with Crippen LogP contribution < -0.4 is 10.3 Å². The van der Waals surface area contributed by atoms with Gasteiger partial charge in [0.05, 0.1) is 26.7 Å². The van der Waals surface area contributed by atoms with Crippen molar-refractivity contribution in [3.05, 3.63) is 60.7 Å². The van der Waals surface area contributed by atoms with Crippen LogP contribution in [-0.4, -0.2) is 61.1 Å². The van der Waals surface area contributed by atoms with Crippen LogP contribution >= 0.6 is 0 Å². The number of carbonyl (C=O) groups is 2. The van der Waals surface area contributed by atoms with Crippen molar-refractivity contribution in [3.63, 3.8) is 0 Å². The van der Waals surface area contributed by atoms with E-state index in [1.54, 1.807) is 4.90 Å². The molecule has 0 unspecified atom stereocenters. The monoisotopic (exact) mass is 367 g/mol. The molecule has 1 heterocycles. The molecule has 0 saturated carbocycles. The fraction of sp³-hybridized carbons (Fsp3) is 0.333. The quantitative estimate of drug-likeness (QED) is 0.824. The largest absolute Gasteiger partial charge is 0.283 e. The van der Waals surface area contributed by atoms with Crippen LogP contribution in [0.1, 0.15) is 6.92 Å². The Morgan fingerprint density at radius 1 is 0.963 bits per heavy atom. The molecule has 1 saturated heterocycles. The first-order chi connectivity index (χ1) is 13.0. The van der Waals surface area contributed by atoms with Crippen LogP contribution in [0.3, 0.4) is 0 Å². The second kappa shape index (κ2) is 8.33. The SMILES string of the molecule is CC(=O)N[N+]1(C)CCN(CC(=O)N(c2ccccc2)c2ccccc2)CC1. The topological polar surface area (TPSA) is 52.7 Å². The lowest BCUT2D eigenvalue weighted by Gasteiger charge is -2.40. The first-order valence-corrected chi connectivity index (χ1v) is 9.26. The number of nitrogens with zero attached hydrogens (tertiary/aromatic N) is 3. The number of amides is 2. The number of piperazine rings is 1. The zero-order valence-corrected chi connectivity index (χ0v) is 16.0. The maximum atomic E-state index is 13.2. The number of benzene rings is 2. The normalized spacial score (nSPS) is 16.5. The fourth-order valence-corrected chi connectivity index (χ4v) is 3.45. The number of quaternary nitrogens is 1. The maximum Gasteiger partial charge on any atom is 0.261 e. The van der Waals surface area contributed by atoms with Crippen LogP contribution in [-0.2, 0) is 9.59 Å². The Balaban J connectivity index is 1.70. The van der Waals surface area contributed by atoms with Crippen LogP contribution in [0.5, 0.6) is 0 Å². The Kier molecular flexibility index (Phi) is 5.88. The third kappa shape index (κ3) is 4.93. The summed E-state index contributed by atoms with van der Waals surface area (Å²) < 4.78 is 0.515. The van der Waals surface area contributed by atoms with Gasteiger partial charge in [0.25, 0.3) is 5.91 Å².